The summed E-state index contributed by atoms with van der Waals surface area (Å²) < 4.78 is 4.64. The number of carboxylic acid groups (broad SMARTS) is 1. The van der Waals surface area contributed by atoms with Crippen LogP contribution < -0.4 is 0 Å². The number of ether oxygens (including phenoxy) is 1. The van der Waals surface area contributed by atoms with Gasteiger partial charge in [-0.1, -0.05) is 6.92 Å². The van der Waals surface area contributed by atoms with Gasteiger partial charge in [-0.3, -0.25) is 9.59 Å². The van der Waals surface area contributed by atoms with Crippen LogP contribution >= 0.6 is 11.8 Å². The Kier molecular flexibility index (Phi) is 5.72. The molecule has 0 aliphatic heterocycles. The number of hydrogen-bond acceptors (Lipinski definition) is 4. The fourth-order valence-corrected chi connectivity index (χ4v) is 2.12. The Morgan fingerprint density at radius 3 is 2.33 bits per heavy atom. The van der Waals surface area contributed by atoms with E-state index in [-0.39, 0.29) is 5.97 Å². The second-order valence-electron chi connectivity index (χ2n) is 3.92. The number of carbonyl (C=O) groups excluding carboxylic acids is 1. The van der Waals surface area contributed by atoms with Gasteiger partial charge >= 0.3 is 11.9 Å². The first kappa shape index (κ1) is 14.3. The fourth-order valence-electron chi connectivity index (χ4n) is 1.01. The molecule has 0 saturated carbocycles. The summed E-state index contributed by atoms with van der Waals surface area (Å²) in [6, 6.07) is 0. The van der Waals surface area contributed by atoms with Crippen LogP contribution in [0.15, 0.2) is 0 Å². The smallest absolute Gasteiger partial charge is 0.316 e. The van der Waals surface area contributed by atoms with Crippen molar-refractivity contribution in [3.8, 4) is 0 Å². The standard InChI is InChI=1S/C10H18O4S/c1-5-7(8(11)12)15-6-10(2,3)9(13)14-4/h7H,5-6H2,1-4H3,(H,11,12). The molecule has 88 valence electrons. The lowest BCUT2D eigenvalue weighted by Crippen LogP contribution is -2.30. The molecule has 0 heterocycles. The zero-order valence-electron chi connectivity index (χ0n) is 9.57. The highest BCUT2D eigenvalue weighted by Crippen LogP contribution is 2.27. The van der Waals surface area contributed by atoms with Gasteiger partial charge in [0.15, 0.2) is 0 Å². The highest BCUT2D eigenvalue weighted by atomic mass is 32.2. The van der Waals surface area contributed by atoms with Gasteiger partial charge in [-0.05, 0) is 20.3 Å². The lowest BCUT2D eigenvalue weighted by Gasteiger charge is -2.22. The molecular formula is C10H18O4S. The summed E-state index contributed by atoms with van der Waals surface area (Å²) in [5.74, 6) is -0.691. The molecule has 1 N–H and O–H groups in total. The lowest BCUT2D eigenvalue weighted by molar-refractivity contribution is -0.149. The van der Waals surface area contributed by atoms with Crippen molar-refractivity contribution in [1.82, 2.24) is 0 Å². The number of carbonyl (C=O) groups is 2. The molecule has 0 aromatic carbocycles. The van der Waals surface area contributed by atoms with Crippen LogP contribution in [0, 0.1) is 5.41 Å². The van der Waals surface area contributed by atoms with Crippen molar-refractivity contribution in [2.45, 2.75) is 32.4 Å². The van der Waals surface area contributed by atoms with Crippen LogP contribution in [-0.2, 0) is 14.3 Å². The second kappa shape index (κ2) is 6.00. The monoisotopic (exact) mass is 234 g/mol. The molecule has 0 fully saturated rings. The molecule has 0 rings (SSSR count). The zero-order valence-corrected chi connectivity index (χ0v) is 10.4. The summed E-state index contributed by atoms with van der Waals surface area (Å²) in [5.41, 5.74) is -0.637. The van der Waals surface area contributed by atoms with Crippen molar-refractivity contribution < 1.29 is 19.4 Å². The number of hydrogen-bond donors (Lipinski definition) is 1. The summed E-state index contributed by atoms with van der Waals surface area (Å²) in [5, 5.41) is 8.38. The van der Waals surface area contributed by atoms with Crippen LogP contribution in [0.1, 0.15) is 27.2 Å². The minimum Gasteiger partial charge on any atom is -0.480 e. The number of carboxylic acids is 1. The van der Waals surface area contributed by atoms with Gasteiger partial charge < -0.3 is 9.84 Å². The fraction of sp³-hybridized carbons (Fsp3) is 0.800. The minimum atomic E-state index is -0.830. The Balaban J connectivity index is 4.24. The molecule has 5 heteroatoms. The normalized spacial score (nSPS) is 13.3. The maximum absolute atomic E-state index is 11.3. The topological polar surface area (TPSA) is 63.6 Å². The van der Waals surface area contributed by atoms with Gasteiger partial charge in [-0.15, -0.1) is 11.8 Å². The molecule has 15 heavy (non-hydrogen) atoms. The Labute approximate surface area is 94.4 Å². The van der Waals surface area contributed by atoms with E-state index in [1.807, 2.05) is 6.92 Å². The molecule has 4 nitrogen and oxygen atoms in total. The Hall–Kier alpha value is -0.710. The largest absolute Gasteiger partial charge is 0.480 e. The predicted octanol–water partition coefficient (Wildman–Crippen LogP) is 1.78. The van der Waals surface area contributed by atoms with E-state index in [1.54, 1.807) is 13.8 Å². The van der Waals surface area contributed by atoms with Crippen molar-refractivity contribution >= 4 is 23.7 Å². The zero-order chi connectivity index (χ0) is 12.1. The predicted molar refractivity (Wildman–Crippen MR) is 60.0 cm³/mol. The van der Waals surface area contributed by atoms with E-state index >= 15 is 0 Å². The molecule has 0 bridgehead atoms. The van der Waals surface area contributed by atoms with E-state index in [1.165, 1.54) is 18.9 Å². The third-order valence-corrected chi connectivity index (χ3v) is 3.86. The molecule has 0 saturated heterocycles. The highest BCUT2D eigenvalue weighted by Gasteiger charge is 2.30. The van der Waals surface area contributed by atoms with Gasteiger partial charge in [-0.2, -0.15) is 0 Å². The minimum absolute atomic E-state index is 0.310. The molecule has 0 amide bonds. The van der Waals surface area contributed by atoms with Gasteiger partial charge in [-0.25, -0.2) is 0 Å². The van der Waals surface area contributed by atoms with E-state index < -0.39 is 16.6 Å². The highest BCUT2D eigenvalue weighted by molar-refractivity contribution is 8.00. The van der Waals surface area contributed by atoms with Gasteiger partial charge in [0.1, 0.15) is 5.25 Å². The third-order valence-electron chi connectivity index (χ3n) is 2.03. The summed E-state index contributed by atoms with van der Waals surface area (Å²) in [6.07, 6.45) is 0.553. The Morgan fingerprint density at radius 1 is 1.47 bits per heavy atom. The third kappa shape index (κ3) is 4.55. The van der Waals surface area contributed by atoms with Crippen molar-refractivity contribution in [2.75, 3.05) is 12.9 Å². The Morgan fingerprint density at radius 2 is 2.00 bits per heavy atom. The molecule has 1 atom stereocenters. The number of rotatable bonds is 6. The van der Waals surface area contributed by atoms with Crippen LogP contribution in [0.5, 0.6) is 0 Å². The summed E-state index contributed by atoms with van der Waals surface area (Å²) in [6.45, 7) is 5.32. The second-order valence-corrected chi connectivity index (χ2v) is 5.11. The van der Waals surface area contributed by atoms with Gasteiger partial charge in [0.25, 0.3) is 0 Å². The molecule has 1 unspecified atom stereocenters. The van der Waals surface area contributed by atoms with Gasteiger partial charge in [0, 0.05) is 5.75 Å². The number of esters is 1. The van der Waals surface area contributed by atoms with Crippen LogP contribution in [-0.4, -0.2) is 35.2 Å². The van der Waals surface area contributed by atoms with E-state index in [0.717, 1.165) is 0 Å². The van der Waals surface area contributed by atoms with Crippen molar-refractivity contribution in [2.24, 2.45) is 5.41 Å². The van der Waals surface area contributed by atoms with Crippen molar-refractivity contribution in [3.05, 3.63) is 0 Å². The molecule has 0 aliphatic rings. The number of aliphatic carboxylic acids is 1. The maximum atomic E-state index is 11.3. The van der Waals surface area contributed by atoms with Crippen molar-refractivity contribution in [1.29, 1.82) is 0 Å². The summed E-state index contributed by atoms with van der Waals surface area (Å²) >= 11 is 1.28. The van der Waals surface area contributed by atoms with E-state index in [2.05, 4.69) is 4.74 Å². The summed E-state index contributed by atoms with van der Waals surface area (Å²) in [7, 11) is 1.34. The van der Waals surface area contributed by atoms with E-state index in [4.69, 9.17) is 5.11 Å². The maximum Gasteiger partial charge on any atom is 0.316 e. The SMILES string of the molecule is CCC(SCC(C)(C)C(=O)OC)C(=O)O. The molecular weight excluding hydrogens is 216 g/mol. The average molecular weight is 234 g/mol. The first-order valence-corrected chi connectivity index (χ1v) is 5.82. The summed E-state index contributed by atoms with van der Waals surface area (Å²) in [4.78, 5) is 22.1. The van der Waals surface area contributed by atoms with Crippen molar-refractivity contribution in [3.63, 3.8) is 0 Å². The molecule has 0 spiro atoms. The van der Waals surface area contributed by atoms with Crippen LogP contribution in [0.2, 0.25) is 0 Å². The first-order chi connectivity index (χ1) is 6.85. The average Bonchev–Trinajstić information content (AvgIpc) is 2.16. The molecule has 0 aromatic heterocycles. The Bertz CT molecular complexity index is 238. The van der Waals surface area contributed by atoms with E-state index in [0.29, 0.717) is 12.2 Å². The number of methoxy groups -OCH3 is 1. The first-order valence-electron chi connectivity index (χ1n) is 4.78. The van der Waals surface area contributed by atoms with Gasteiger partial charge in [0.2, 0.25) is 0 Å². The quantitative estimate of drug-likeness (QED) is 0.710. The van der Waals surface area contributed by atoms with Crippen LogP contribution in [0.25, 0.3) is 0 Å². The van der Waals surface area contributed by atoms with Crippen LogP contribution in [0.3, 0.4) is 0 Å². The molecule has 0 aromatic rings. The van der Waals surface area contributed by atoms with Gasteiger partial charge in [0.05, 0.1) is 12.5 Å². The number of thioether (sulfide) groups is 1. The van der Waals surface area contributed by atoms with Crippen LogP contribution in [0.4, 0.5) is 0 Å². The van der Waals surface area contributed by atoms with E-state index in [9.17, 15) is 9.59 Å². The lowest BCUT2D eigenvalue weighted by atomic mass is 9.97. The molecule has 0 aliphatic carbocycles. The molecule has 0 radical (unpaired) electrons.